The van der Waals surface area contributed by atoms with Crippen molar-refractivity contribution in [2.75, 3.05) is 16.4 Å². The smallest absolute Gasteiger partial charge is 0.322 e. The van der Waals surface area contributed by atoms with Crippen molar-refractivity contribution in [3.8, 4) is 0 Å². The van der Waals surface area contributed by atoms with Crippen LogP contribution in [0, 0.1) is 33.4 Å². The lowest BCUT2D eigenvalue weighted by atomic mass is 10.1. The second-order valence-electron chi connectivity index (χ2n) is 7.13. The molecule has 0 aromatic heterocycles. The molecule has 3 rings (SSSR count). The highest BCUT2D eigenvalue weighted by atomic mass is 32.2. The highest BCUT2D eigenvalue weighted by Crippen LogP contribution is 2.38. The van der Waals surface area contributed by atoms with Crippen LogP contribution in [-0.4, -0.2) is 22.5 Å². The monoisotopic (exact) mass is 547 g/mol. The number of nitro benzene ring substituents is 1. The number of carbonyl (C=O) groups excluding carboxylic acids is 2. The van der Waals surface area contributed by atoms with Crippen LogP contribution in [0.15, 0.2) is 53.4 Å². The van der Waals surface area contributed by atoms with Crippen LogP contribution in [0.4, 0.5) is 47.8 Å². The molecule has 194 valence electrons. The predicted molar refractivity (Wildman–Crippen MR) is 118 cm³/mol. The Labute approximate surface area is 206 Å². The average Bonchev–Trinajstić information content (AvgIpc) is 2.83. The first-order chi connectivity index (χ1) is 17.3. The van der Waals surface area contributed by atoms with Gasteiger partial charge in [-0.25, -0.2) is 17.6 Å². The summed E-state index contributed by atoms with van der Waals surface area (Å²) in [5.74, 6) is -12.6. The third kappa shape index (κ3) is 6.35. The Kier molecular flexibility index (Phi) is 8.06. The van der Waals surface area contributed by atoms with Gasteiger partial charge in [-0.05, 0) is 30.3 Å². The Bertz CT molecular complexity index is 1350. The van der Waals surface area contributed by atoms with E-state index in [1.54, 1.807) is 0 Å². The second kappa shape index (κ2) is 10.9. The molecule has 3 aromatic rings. The minimum Gasteiger partial charge on any atom is -0.322 e. The molecule has 0 saturated heterocycles. The predicted octanol–water partition coefficient (Wildman–Crippen LogP) is 6.15. The Morgan fingerprint density at radius 2 is 1.49 bits per heavy atom. The molecule has 0 aliphatic carbocycles. The molecule has 2 N–H and O–H groups in total. The first-order valence-electron chi connectivity index (χ1n) is 9.81. The van der Waals surface area contributed by atoms with E-state index in [9.17, 15) is 50.4 Å². The third-order valence-electron chi connectivity index (χ3n) is 4.61. The van der Waals surface area contributed by atoms with Crippen molar-refractivity contribution in [3.63, 3.8) is 0 Å². The number of amides is 2. The maximum absolute atomic E-state index is 14.0. The summed E-state index contributed by atoms with van der Waals surface area (Å²) < 4.78 is 93.3. The fourth-order valence-corrected chi connectivity index (χ4v) is 3.67. The number of nitro groups is 1. The van der Waals surface area contributed by atoms with E-state index in [2.05, 4.69) is 5.32 Å². The summed E-state index contributed by atoms with van der Waals surface area (Å²) in [6.07, 6.45) is -5.72. The summed E-state index contributed by atoms with van der Waals surface area (Å²) >= 11 is 0.767. The lowest BCUT2D eigenvalue weighted by Gasteiger charge is -2.14. The number of nitrogens with zero attached hydrogens (tertiary/aromatic N) is 1. The van der Waals surface area contributed by atoms with E-state index < -0.39 is 63.2 Å². The van der Waals surface area contributed by atoms with Crippen molar-refractivity contribution in [1.29, 1.82) is 0 Å². The van der Waals surface area contributed by atoms with E-state index in [4.69, 9.17) is 0 Å². The van der Waals surface area contributed by atoms with Gasteiger partial charge in [0.15, 0.2) is 23.3 Å². The van der Waals surface area contributed by atoms with Crippen LogP contribution in [0.25, 0.3) is 0 Å². The highest BCUT2D eigenvalue weighted by molar-refractivity contribution is 8.00. The highest BCUT2D eigenvalue weighted by Gasteiger charge is 2.42. The molecule has 0 aliphatic rings. The van der Waals surface area contributed by atoms with E-state index in [0.717, 1.165) is 23.9 Å². The molecule has 0 atom stereocenters. The van der Waals surface area contributed by atoms with Gasteiger partial charge in [0.25, 0.3) is 11.6 Å². The molecule has 15 heteroatoms. The number of anilines is 2. The minimum atomic E-state index is -5.72. The van der Waals surface area contributed by atoms with Crippen LogP contribution < -0.4 is 10.6 Å². The molecule has 0 bridgehead atoms. The van der Waals surface area contributed by atoms with E-state index >= 15 is 0 Å². The number of alkyl halides is 3. The van der Waals surface area contributed by atoms with E-state index in [-0.39, 0.29) is 16.9 Å². The quantitative estimate of drug-likeness (QED) is 0.121. The number of hydrogen-bond acceptors (Lipinski definition) is 5. The van der Waals surface area contributed by atoms with E-state index in [0.29, 0.717) is 4.90 Å². The molecule has 0 fully saturated rings. The van der Waals surface area contributed by atoms with Crippen LogP contribution >= 0.6 is 11.8 Å². The molecule has 0 radical (unpaired) electrons. The van der Waals surface area contributed by atoms with Gasteiger partial charge in [0.1, 0.15) is 11.3 Å². The summed E-state index contributed by atoms with van der Waals surface area (Å²) in [7, 11) is 0. The molecule has 0 spiro atoms. The van der Waals surface area contributed by atoms with Crippen LogP contribution in [0.2, 0.25) is 0 Å². The van der Waals surface area contributed by atoms with Gasteiger partial charge in [-0.15, -0.1) is 11.8 Å². The Balaban J connectivity index is 1.67. The standard InChI is InChI=1S/C22H12F7N3O4S/c23-16-15(22(27,28)29)17(24)19(26)20(18(16)25)31-14(33)9-37-13-3-1-2-11(8-13)30-21(34)10-4-6-12(7-5-10)32(35)36/h1-8H,9H2,(H,30,34)(H,31,33). The summed E-state index contributed by atoms with van der Waals surface area (Å²) in [5.41, 5.74) is -4.32. The largest absolute Gasteiger partial charge is 0.422 e. The molecule has 0 saturated carbocycles. The molecule has 2 amide bonds. The molecule has 3 aromatic carbocycles. The average molecular weight is 547 g/mol. The number of rotatable bonds is 7. The summed E-state index contributed by atoms with van der Waals surface area (Å²) in [6, 6.07) is 10.6. The van der Waals surface area contributed by atoms with Crippen molar-refractivity contribution in [2.45, 2.75) is 11.1 Å². The second-order valence-corrected chi connectivity index (χ2v) is 8.18. The van der Waals surface area contributed by atoms with Gasteiger partial charge in [-0.2, -0.15) is 13.2 Å². The summed E-state index contributed by atoms with van der Waals surface area (Å²) in [6.45, 7) is 0. The number of carbonyl (C=O) groups is 2. The van der Waals surface area contributed by atoms with Gasteiger partial charge >= 0.3 is 6.18 Å². The molecular weight excluding hydrogens is 535 g/mol. The van der Waals surface area contributed by atoms with Crippen molar-refractivity contribution >= 4 is 40.6 Å². The molecule has 0 unspecified atom stereocenters. The number of halogens is 7. The first-order valence-corrected chi connectivity index (χ1v) is 10.8. The zero-order valence-electron chi connectivity index (χ0n) is 18.0. The number of benzene rings is 3. The summed E-state index contributed by atoms with van der Waals surface area (Å²) in [4.78, 5) is 34.8. The third-order valence-corrected chi connectivity index (χ3v) is 5.61. The molecular formula is C22H12F7N3O4S. The lowest BCUT2D eigenvalue weighted by Crippen LogP contribution is -2.21. The molecule has 0 heterocycles. The fraction of sp³-hybridized carbons (Fsp3) is 0.0909. The van der Waals surface area contributed by atoms with Crippen LogP contribution in [0.1, 0.15) is 15.9 Å². The lowest BCUT2D eigenvalue weighted by molar-refractivity contribution is -0.384. The zero-order valence-corrected chi connectivity index (χ0v) is 18.8. The normalized spacial score (nSPS) is 11.2. The van der Waals surface area contributed by atoms with Gasteiger partial charge < -0.3 is 10.6 Å². The number of non-ortho nitro benzene ring substituents is 1. The molecule has 0 aliphatic heterocycles. The van der Waals surface area contributed by atoms with Gasteiger partial charge in [0.05, 0.1) is 10.7 Å². The maximum atomic E-state index is 14.0. The van der Waals surface area contributed by atoms with E-state index in [1.165, 1.54) is 41.7 Å². The SMILES string of the molecule is O=C(CSc1cccc(NC(=O)c2ccc([N+](=O)[O-])cc2)c1)Nc1c(F)c(F)c(C(F)(F)F)c(F)c1F. The number of thioether (sulfide) groups is 1. The van der Waals surface area contributed by atoms with Crippen LogP contribution in [0.5, 0.6) is 0 Å². The number of hydrogen-bond donors (Lipinski definition) is 2. The van der Waals surface area contributed by atoms with Crippen molar-refractivity contribution in [2.24, 2.45) is 0 Å². The van der Waals surface area contributed by atoms with Gasteiger partial charge in [-0.3, -0.25) is 19.7 Å². The molecule has 37 heavy (non-hydrogen) atoms. The maximum Gasteiger partial charge on any atom is 0.422 e. The van der Waals surface area contributed by atoms with Crippen molar-refractivity contribution in [1.82, 2.24) is 0 Å². The Morgan fingerprint density at radius 1 is 0.892 bits per heavy atom. The molecule has 7 nitrogen and oxygen atoms in total. The minimum absolute atomic E-state index is 0.114. The van der Waals surface area contributed by atoms with Gasteiger partial charge in [0, 0.05) is 28.3 Å². The van der Waals surface area contributed by atoms with Gasteiger partial charge in [0.2, 0.25) is 5.91 Å². The summed E-state index contributed by atoms with van der Waals surface area (Å²) in [5, 5.41) is 14.7. The first kappa shape index (κ1) is 27.4. The van der Waals surface area contributed by atoms with E-state index in [1.807, 2.05) is 0 Å². The fourth-order valence-electron chi connectivity index (χ4n) is 2.92. The van der Waals surface area contributed by atoms with Crippen molar-refractivity contribution in [3.05, 3.63) is 93.0 Å². The topological polar surface area (TPSA) is 101 Å². The number of nitrogens with one attached hydrogen (secondary N) is 2. The van der Waals surface area contributed by atoms with Crippen molar-refractivity contribution < 1.29 is 45.2 Å². The Hall–Kier alpha value is -4.14. The Morgan fingerprint density at radius 3 is 2.03 bits per heavy atom. The zero-order chi connectivity index (χ0) is 27.5. The van der Waals surface area contributed by atoms with Gasteiger partial charge in [-0.1, -0.05) is 6.07 Å². The van der Waals surface area contributed by atoms with Crippen LogP contribution in [-0.2, 0) is 11.0 Å². The van der Waals surface area contributed by atoms with Crippen LogP contribution in [0.3, 0.4) is 0 Å².